The molecule has 1 saturated heterocycles. The van der Waals surface area contributed by atoms with Crippen molar-refractivity contribution in [2.24, 2.45) is 5.92 Å². The zero-order chi connectivity index (χ0) is 20.1. The van der Waals surface area contributed by atoms with Gasteiger partial charge in [-0.1, -0.05) is 17.7 Å². The van der Waals surface area contributed by atoms with Gasteiger partial charge >= 0.3 is 0 Å². The summed E-state index contributed by atoms with van der Waals surface area (Å²) in [7, 11) is 0. The molecular formula is C21H23N3O4. The number of aromatic hydroxyl groups is 1. The van der Waals surface area contributed by atoms with Crippen LogP contribution < -0.4 is 15.5 Å². The number of rotatable bonds is 6. The number of nitrogens with zero attached hydrogens (tertiary/aromatic N) is 1. The zero-order valence-corrected chi connectivity index (χ0v) is 15.6. The molecule has 2 aromatic carbocycles. The van der Waals surface area contributed by atoms with Gasteiger partial charge in [-0.15, -0.1) is 0 Å². The average molecular weight is 381 g/mol. The molecule has 0 bridgehead atoms. The summed E-state index contributed by atoms with van der Waals surface area (Å²) in [5.74, 6) is -0.849. The van der Waals surface area contributed by atoms with Crippen LogP contribution in [0, 0.1) is 12.8 Å². The predicted octanol–water partition coefficient (Wildman–Crippen LogP) is 1.60. The topological polar surface area (TPSA) is 98.7 Å². The normalized spacial score (nSPS) is 16.1. The molecule has 3 N–H and O–H groups in total. The van der Waals surface area contributed by atoms with Crippen molar-refractivity contribution >= 4 is 23.4 Å². The van der Waals surface area contributed by atoms with E-state index in [1.807, 2.05) is 31.2 Å². The first-order chi connectivity index (χ1) is 13.4. The molecule has 1 fully saturated rings. The smallest absolute Gasteiger partial charge is 0.251 e. The lowest BCUT2D eigenvalue weighted by molar-refractivity contribution is -0.126. The minimum Gasteiger partial charge on any atom is -0.508 e. The highest BCUT2D eigenvalue weighted by Crippen LogP contribution is 2.25. The van der Waals surface area contributed by atoms with Crippen LogP contribution in [-0.4, -0.2) is 42.5 Å². The summed E-state index contributed by atoms with van der Waals surface area (Å²) in [6, 6.07) is 13.6. The largest absolute Gasteiger partial charge is 0.508 e. The summed E-state index contributed by atoms with van der Waals surface area (Å²) >= 11 is 0. The minimum absolute atomic E-state index is 0.0652. The van der Waals surface area contributed by atoms with Gasteiger partial charge in [0.15, 0.2) is 0 Å². The summed E-state index contributed by atoms with van der Waals surface area (Å²) in [6.45, 7) is 2.88. The molecule has 1 unspecified atom stereocenters. The third-order valence-electron chi connectivity index (χ3n) is 4.68. The number of amides is 3. The van der Waals surface area contributed by atoms with Crippen molar-refractivity contribution in [3.63, 3.8) is 0 Å². The van der Waals surface area contributed by atoms with Crippen molar-refractivity contribution in [3.05, 3.63) is 59.7 Å². The Morgan fingerprint density at radius 2 is 1.68 bits per heavy atom. The van der Waals surface area contributed by atoms with Crippen molar-refractivity contribution in [1.29, 1.82) is 0 Å². The molecule has 0 spiro atoms. The maximum Gasteiger partial charge on any atom is 0.251 e. The Morgan fingerprint density at radius 3 is 2.36 bits per heavy atom. The standard InChI is InChI=1S/C21H23N3O4/c1-14-2-6-17(7-3-14)24-13-16(12-19(24)26)21(28)23-11-10-22-20(27)15-4-8-18(25)9-5-15/h2-9,16,25H,10-13H2,1H3,(H,22,27)(H,23,28). The maximum atomic E-state index is 12.3. The molecule has 7 heteroatoms. The Hall–Kier alpha value is -3.35. The SMILES string of the molecule is Cc1ccc(N2CC(C(=O)NCCNC(=O)c3ccc(O)cc3)CC2=O)cc1. The zero-order valence-electron chi connectivity index (χ0n) is 15.6. The van der Waals surface area contributed by atoms with E-state index in [1.165, 1.54) is 24.3 Å². The van der Waals surface area contributed by atoms with Crippen LogP contribution in [0.3, 0.4) is 0 Å². The Balaban J connectivity index is 1.44. The average Bonchev–Trinajstić information content (AvgIpc) is 3.08. The molecule has 146 valence electrons. The second-order valence-corrected chi connectivity index (χ2v) is 6.83. The highest BCUT2D eigenvalue weighted by Gasteiger charge is 2.34. The summed E-state index contributed by atoms with van der Waals surface area (Å²) in [6.07, 6.45) is 0.180. The fraction of sp³-hybridized carbons (Fsp3) is 0.286. The van der Waals surface area contributed by atoms with Crippen molar-refractivity contribution in [3.8, 4) is 5.75 Å². The van der Waals surface area contributed by atoms with Crippen LogP contribution in [0.2, 0.25) is 0 Å². The number of hydrogen-bond acceptors (Lipinski definition) is 4. The van der Waals surface area contributed by atoms with E-state index < -0.39 is 5.92 Å². The summed E-state index contributed by atoms with van der Waals surface area (Å²) < 4.78 is 0. The molecule has 1 aliphatic rings. The Bertz CT molecular complexity index is 862. The molecule has 3 amide bonds. The summed E-state index contributed by atoms with van der Waals surface area (Å²) in [5.41, 5.74) is 2.34. The Morgan fingerprint density at radius 1 is 1.04 bits per heavy atom. The minimum atomic E-state index is -0.401. The van der Waals surface area contributed by atoms with E-state index in [-0.39, 0.29) is 43.0 Å². The third-order valence-corrected chi connectivity index (χ3v) is 4.68. The fourth-order valence-electron chi connectivity index (χ4n) is 3.08. The number of hydrogen-bond donors (Lipinski definition) is 3. The molecule has 0 aliphatic carbocycles. The quantitative estimate of drug-likeness (QED) is 0.662. The Labute approximate surface area is 163 Å². The number of nitrogens with one attached hydrogen (secondary N) is 2. The number of anilines is 1. The number of aryl methyl sites for hydroxylation is 1. The molecular weight excluding hydrogens is 358 g/mol. The van der Waals surface area contributed by atoms with Crippen LogP contribution in [0.5, 0.6) is 5.75 Å². The highest BCUT2D eigenvalue weighted by molar-refractivity contribution is 6.00. The first-order valence-electron chi connectivity index (χ1n) is 9.16. The summed E-state index contributed by atoms with van der Waals surface area (Å²) in [4.78, 5) is 38.2. The van der Waals surface area contributed by atoms with E-state index in [2.05, 4.69) is 10.6 Å². The van der Waals surface area contributed by atoms with Gasteiger partial charge in [-0.3, -0.25) is 14.4 Å². The number of phenolic OH excluding ortho intramolecular Hbond substituents is 1. The monoisotopic (exact) mass is 381 g/mol. The second-order valence-electron chi connectivity index (χ2n) is 6.83. The van der Waals surface area contributed by atoms with Gasteiger partial charge in [-0.25, -0.2) is 0 Å². The first kappa shape index (κ1) is 19.4. The van der Waals surface area contributed by atoms with Gasteiger partial charge in [0.1, 0.15) is 5.75 Å². The molecule has 0 saturated carbocycles. The van der Waals surface area contributed by atoms with Crippen LogP contribution in [0.4, 0.5) is 5.69 Å². The predicted molar refractivity (Wildman–Crippen MR) is 105 cm³/mol. The second kappa shape index (κ2) is 8.56. The van der Waals surface area contributed by atoms with Gasteiger partial charge in [-0.05, 0) is 43.3 Å². The molecule has 0 radical (unpaired) electrons. The molecule has 7 nitrogen and oxygen atoms in total. The number of phenols is 1. The van der Waals surface area contributed by atoms with Crippen LogP contribution in [0.25, 0.3) is 0 Å². The van der Waals surface area contributed by atoms with E-state index in [0.29, 0.717) is 12.1 Å². The lowest BCUT2D eigenvalue weighted by Gasteiger charge is -2.17. The fourth-order valence-corrected chi connectivity index (χ4v) is 3.08. The van der Waals surface area contributed by atoms with Crippen LogP contribution in [-0.2, 0) is 9.59 Å². The van der Waals surface area contributed by atoms with E-state index in [4.69, 9.17) is 0 Å². The van der Waals surface area contributed by atoms with Crippen LogP contribution in [0.1, 0.15) is 22.3 Å². The molecule has 1 aliphatic heterocycles. The first-order valence-corrected chi connectivity index (χ1v) is 9.16. The van der Waals surface area contributed by atoms with E-state index >= 15 is 0 Å². The number of carbonyl (C=O) groups is 3. The molecule has 0 aromatic heterocycles. The molecule has 1 heterocycles. The molecule has 28 heavy (non-hydrogen) atoms. The van der Waals surface area contributed by atoms with Crippen LogP contribution in [0.15, 0.2) is 48.5 Å². The van der Waals surface area contributed by atoms with Crippen molar-refractivity contribution in [2.75, 3.05) is 24.5 Å². The van der Waals surface area contributed by atoms with E-state index in [1.54, 1.807) is 4.90 Å². The highest BCUT2D eigenvalue weighted by atomic mass is 16.3. The lowest BCUT2D eigenvalue weighted by atomic mass is 10.1. The molecule has 3 rings (SSSR count). The van der Waals surface area contributed by atoms with Gasteiger partial charge in [0.05, 0.1) is 5.92 Å². The lowest BCUT2D eigenvalue weighted by Crippen LogP contribution is -2.38. The van der Waals surface area contributed by atoms with E-state index in [9.17, 15) is 19.5 Å². The third kappa shape index (κ3) is 4.68. The molecule has 1 atom stereocenters. The van der Waals surface area contributed by atoms with Gasteiger partial charge < -0.3 is 20.6 Å². The Kier molecular flexibility index (Phi) is 5.93. The van der Waals surface area contributed by atoms with E-state index in [0.717, 1.165) is 11.3 Å². The summed E-state index contributed by atoms with van der Waals surface area (Å²) in [5, 5.41) is 14.7. The van der Waals surface area contributed by atoms with Crippen molar-refractivity contribution < 1.29 is 19.5 Å². The van der Waals surface area contributed by atoms with Gasteiger partial charge in [0, 0.05) is 37.3 Å². The van der Waals surface area contributed by atoms with Crippen molar-refractivity contribution in [1.82, 2.24) is 10.6 Å². The number of benzene rings is 2. The number of carbonyl (C=O) groups excluding carboxylic acids is 3. The van der Waals surface area contributed by atoms with Crippen molar-refractivity contribution in [2.45, 2.75) is 13.3 Å². The maximum absolute atomic E-state index is 12.3. The van der Waals surface area contributed by atoms with Gasteiger partial charge in [0.25, 0.3) is 5.91 Å². The molecule has 2 aromatic rings. The van der Waals surface area contributed by atoms with Gasteiger partial charge in [0.2, 0.25) is 11.8 Å². The van der Waals surface area contributed by atoms with Gasteiger partial charge in [-0.2, -0.15) is 0 Å². The van der Waals surface area contributed by atoms with Crippen LogP contribution >= 0.6 is 0 Å².